The Hall–Kier alpha value is -1.88. The maximum atomic E-state index is 13.2. The van der Waals surface area contributed by atoms with Crippen molar-refractivity contribution in [2.24, 2.45) is 0 Å². The smallest absolute Gasteiger partial charge is 0.312 e. The van der Waals surface area contributed by atoms with E-state index in [4.69, 9.17) is 15.6 Å². The van der Waals surface area contributed by atoms with E-state index in [0.29, 0.717) is 0 Å². The number of aromatic nitrogens is 4. The second-order valence-electron chi connectivity index (χ2n) is 4.43. The zero-order valence-corrected chi connectivity index (χ0v) is 10.1. The van der Waals surface area contributed by atoms with Gasteiger partial charge in [0.2, 0.25) is 0 Å². The van der Waals surface area contributed by atoms with Crippen LogP contribution in [0.25, 0.3) is 11.2 Å². The van der Waals surface area contributed by atoms with E-state index in [1.807, 2.05) is 0 Å². The van der Waals surface area contributed by atoms with Gasteiger partial charge in [-0.1, -0.05) is 0 Å². The summed E-state index contributed by atoms with van der Waals surface area (Å²) < 4.78 is 19.8. The highest BCUT2D eigenvalue weighted by Crippen LogP contribution is 2.31. The van der Waals surface area contributed by atoms with Crippen LogP contribution >= 0.6 is 0 Å². The van der Waals surface area contributed by atoms with Gasteiger partial charge in [0.05, 0.1) is 12.9 Å². The zero-order valence-electron chi connectivity index (χ0n) is 10.1. The Balaban J connectivity index is 2.07. The van der Waals surface area contributed by atoms with Gasteiger partial charge < -0.3 is 25.8 Å². The average Bonchev–Trinajstić information content (AvgIpc) is 2.93. The Morgan fingerprint density at radius 3 is 2.75 bits per heavy atom. The topological polar surface area (TPSA) is 140 Å². The molecule has 3 rings (SSSR count). The van der Waals surface area contributed by atoms with Crippen LogP contribution < -0.4 is 5.73 Å². The number of anilines is 1. The summed E-state index contributed by atoms with van der Waals surface area (Å²) in [6.45, 7) is -0.465. The Labute approximate surface area is 111 Å². The molecule has 0 bridgehead atoms. The molecule has 1 fully saturated rings. The van der Waals surface area contributed by atoms with Gasteiger partial charge in [0.25, 0.3) is 0 Å². The lowest BCUT2D eigenvalue weighted by molar-refractivity contribution is -0.0511. The minimum Gasteiger partial charge on any atom is -0.394 e. The van der Waals surface area contributed by atoms with Crippen LogP contribution in [0.3, 0.4) is 0 Å². The summed E-state index contributed by atoms with van der Waals surface area (Å²) in [5.41, 5.74) is 5.71. The fourth-order valence-electron chi connectivity index (χ4n) is 2.21. The van der Waals surface area contributed by atoms with Crippen molar-refractivity contribution in [2.45, 2.75) is 24.5 Å². The van der Waals surface area contributed by atoms with Crippen LogP contribution in [0, 0.1) is 6.08 Å². The average molecular weight is 285 g/mol. The second-order valence-corrected chi connectivity index (χ2v) is 4.43. The first kappa shape index (κ1) is 13.1. The number of halogens is 1. The second kappa shape index (κ2) is 4.59. The lowest BCUT2D eigenvalue weighted by atomic mass is 10.1. The van der Waals surface area contributed by atoms with Crippen LogP contribution in [-0.4, -0.2) is 59.8 Å². The first-order valence-electron chi connectivity index (χ1n) is 5.81. The fraction of sp³-hybridized carbons (Fsp3) is 0.500. The predicted octanol–water partition coefficient (Wildman–Crippen LogP) is -1.84. The van der Waals surface area contributed by atoms with E-state index in [1.54, 1.807) is 0 Å². The molecule has 1 saturated heterocycles. The number of imidazole rings is 1. The summed E-state index contributed by atoms with van der Waals surface area (Å²) in [6.07, 6.45) is -4.38. The number of aliphatic hydroxyl groups is 3. The monoisotopic (exact) mass is 285 g/mol. The molecule has 4 atom stereocenters. The van der Waals surface area contributed by atoms with Gasteiger partial charge in [-0.05, 0) is 0 Å². The lowest BCUT2D eigenvalue weighted by Gasteiger charge is -2.16. The third kappa shape index (κ3) is 1.81. The number of fused-ring (bicyclic) bond motifs is 1. The van der Waals surface area contributed by atoms with Crippen LogP contribution in [0.1, 0.15) is 6.23 Å². The molecule has 0 spiro atoms. The van der Waals surface area contributed by atoms with Gasteiger partial charge in [0.1, 0.15) is 18.3 Å². The molecule has 0 radical (unpaired) electrons. The van der Waals surface area contributed by atoms with E-state index in [1.165, 1.54) is 10.9 Å². The number of hydrogen-bond donors (Lipinski definition) is 4. The molecule has 2 aromatic heterocycles. The largest absolute Gasteiger partial charge is 0.394 e. The van der Waals surface area contributed by atoms with Crippen molar-refractivity contribution in [2.75, 3.05) is 12.3 Å². The van der Waals surface area contributed by atoms with E-state index in [2.05, 4.69) is 15.0 Å². The van der Waals surface area contributed by atoms with E-state index in [0.717, 1.165) is 0 Å². The molecule has 1 aliphatic rings. The molecule has 20 heavy (non-hydrogen) atoms. The molecule has 0 aliphatic carbocycles. The summed E-state index contributed by atoms with van der Waals surface area (Å²) in [5, 5.41) is 28.7. The summed E-state index contributed by atoms with van der Waals surface area (Å²) in [6, 6.07) is 0. The molecular formula is C10H12FN5O4. The minimum absolute atomic E-state index is 0.0323. The van der Waals surface area contributed by atoms with Crippen LogP contribution in [0.2, 0.25) is 0 Å². The van der Waals surface area contributed by atoms with Crippen molar-refractivity contribution >= 4 is 17.0 Å². The normalized spacial score (nSPS) is 30.2. The van der Waals surface area contributed by atoms with Crippen molar-refractivity contribution in [1.29, 1.82) is 0 Å². The van der Waals surface area contributed by atoms with Crippen molar-refractivity contribution in [3.8, 4) is 0 Å². The van der Waals surface area contributed by atoms with Gasteiger partial charge in [-0.2, -0.15) is 14.4 Å². The Bertz CT molecular complexity index is 650. The van der Waals surface area contributed by atoms with Crippen molar-refractivity contribution in [1.82, 2.24) is 19.5 Å². The fourth-order valence-corrected chi connectivity index (χ4v) is 2.21. The molecule has 0 aromatic carbocycles. The highest BCUT2D eigenvalue weighted by molar-refractivity contribution is 5.81. The molecular weight excluding hydrogens is 273 g/mol. The highest BCUT2D eigenvalue weighted by atomic mass is 19.1. The first-order chi connectivity index (χ1) is 9.52. The molecule has 5 N–H and O–H groups in total. The van der Waals surface area contributed by atoms with Crippen LogP contribution in [0.5, 0.6) is 0 Å². The summed E-state index contributed by atoms with van der Waals surface area (Å²) in [4.78, 5) is 10.8. The Morgan fingerprint density at radius 2 is 2.10 bits per heavy atom. The number of nitrogens with two attached hydrogens (primary N) is 1. The SMILES string of the molecule is Nc1nc(F)nc2c1ncn2[C@@H]1OC(CO)[C@@H](O)[C@@H]1O. The molecule has 108 valence electrons. The molecule has 3 heterocycles. The van der Waals surface area contributed by atoms with E-state index in [-0.39, 0.29) is 17.0 Å². The maximum Gasteiger partial charge on any atom is 0.312 e. The van der Waals surface area contributed by atoms with Crippen molar-refractivity contribution in [3.05, 3.63) is 12.4 Å². The molecule has 9 nitrogen and oxygen atoms in total. The summed E-state index contributed by atoms with van der Waals surface area (Å²) in [7, 11) is 0. The molecule has 1 unspecified atom stereocenters. The third-order valence-electron chi connectivity index (χ3n) is 3.21. The standard InChI is InChI=1S/C10H12FN5O4/c11-10-14-7(12)4-8(15-10)16(2-13-4)9-6(19)5(18)3(1-17)20-9/h2-3,5-6,9,17-19H,1H2,(H2,12,14,15)/t3?,5-,6+,9-/m1/s1. The van der Waals surface area contributed by atoms with Gasteiger partial charge in [-0.25, -0.2) is 4.98 Å². The van der Waals surface area contributed by atoms with Crippen molar-refractivity contribution < 1.29 is 24.4 Å². The van der Waals surface area contributed by atoms with E-state index < -0.39 is 37.2 Å². The Morgan fingerprint density at radius 1 is 1.35 bits per heavy atom. The number of nitrogens with zero attached hydrogens (tertiary/aromatic N) is 4. The predicted molar refractivity (Wildman–Crippen MR) is 62.7 cm³/mol. The maximum absolute atomic E-state index is 13.2. The molecule has 2 aromatic rings. The van der Waals surface area contributed by atoms with Gasteiger partial charge in [0.15, 0.2) is 23.2 Å². The quantitative estimate of drug-likeness (QED) is 0.472. The lowest BCUT2D eigenvalue weighted by Crippen LogP contribution is -2.33. The molecule has 1 aliphatic heterocycles. The molecule has 10 heteroatoms. The van der Waals surface area contributed by atoms with E-state index >= 15 is 0 Å². The van der Waals surface area contributed by atoms with Gasteiger partial charge in [-0.3, -0.25) is 4.57 Å². The van der Waals surface area contributed by atoms with Crippen LogP contribution in [0.15, 0.2) is 6.33 Å². The molecule has 0 amide bonds. The number of nitrogen functional groups attached to an aromatic ring is 1. The van der Waals surface area contributed by atoms with Crippen LogP contribution in [-0.2, 0) is 4.74 Å². The number of rotatable bonds is 2. The Kier molecular flexibility index (Phi) is 3.01. The third-order valence-corrected chi connectivity index (χ3v) is 3.21. The summed E-state index contributed by atoms with van der Waals surface area (Å²) in [5.74, 6) is -0.141. The van der Waals surface area contributed by atoms with Crippen LogP contribution in [0.4, 0.5) is 10.2 Å². The number of aliphatic hydroxyl groups excluding tert-OH is 3. The van der Waals surface area contributed by atoms with Gasteiger partial charge in [0, 0.05) is 0 Å². The summed E-state index contributed by atoms with van der Waals surface area (Å²) >= 11 is 0. The first-order valence-corrected chi connectivity index (χ1v) is 5.81. The zero-order chi connectivity index (χ0) is 14.4. The number of ether oxygens (including phenoxy) is 1. The van der Waals surface area contributed by atoms with E-state index in [9.17, 15) is 14.6 Å². The highest BCUT2D eigenvalue weighted by Gasteiger charge is 2.44. The molecule has 0 saturated carbocycles. The number of hydrogen-bond acceptors (Lipinski definition) is 8. The van der Waals surface area contributed by atoms with Gasteiger partial charge in [-0.15, -0.1) is 0 Å². The van der Waals surface area contributed by atoms with Crippen molar-refractivity contribution in [3.63, 3.8) is 0 Å². The van der Waals surface area contributed by atoms with Gasteiger partial charge >= 0.3 is 6.08 Å². The minimum atomic E-state index is -1.32.